The summed E-state index contributed by atoms with van der Waals surface area (Å²) in [7, 11) is 0. The highest BCUT2D eigenvalue weighted by Gasteiger charge is 2.39. The molecule has 1 aromatic heterocycles. The molecule has 1 aromatic rings. The molecule has 1 aliphatic rings. The van der Waals surface area contributed by atoms with Crippen LogP contribution in [0.15, 0.2) is 12.1 Å². The molecule has 0 unspecified atom stereocenters. The second-order valence-corrected chi connectivity index (χ2v) is 8.40. The van der Waals surface area contributed by atoms with E-state index in [4.69, 9.17) is 0 Å². The zero-order chi connectivity index (χ0) is 15.7. The Balaban J connectivity index is 1.95. The van der Waals surface area contributed by atoms with Gasteiger partial charge in [0, 0.05) is 16.3 Å². The third-order valence-electron chi connectivity index (χ3n) is 4.72. The Hall–Kier alpha value is -0.870. The van der Waals surface area contributed by atoms with Gasteiger partial charge in [-0.05, 0) is 49.9 Å². The third kappa shape index (κ3) is 3.67. The molecule has 1 fully saturated rings. The summed E-state index contributed by atoms with van der Waals surface area (Å²) in [6.07, 6.45) is 2.29. The number of aliphatic carboxylic acids is 1. The first-order chi connectivity index (χ1) is 9.77. The van der Waals surface area contributed by atoms with E-state index in [0.29, 0.717) is 0 Å². The molecule has 0 saturated carbocycles. The van der Waals surface area contributed by atoms with Gasteiger partial charge in [0.2, 0.25) is 0 Å². The number of carboxylic acid groups (broad SMARTS) is 1. The van der Waals surface area contributed by atoms with Crippen molar-refractivity contribution in [1.29, 1.82) is 0 Å². The summed E-state index contributed by atoms with van der Waals surface area (Å²) in [6.45, 7) is 11.5. The zero-order valence-electron chi connectivity index (χ0n) is 13.6. The lowest BCUT2D eigenvalue weighted by molar-refractivity contribution is -0.152. The number of piperidine rings is 1. The van der Waals surface area contributed by atoms with Crippen molar-refractivity contribution < 1.29 is 9.90 Å². The highest BCUT2D eigenvalue weighted by Crippen LogP contribution is 2.36. The summed E-state index contributed by atoms with van der Waals surface area (Å²) in [5.74, 6) is -0.615. The first-order valence-electron chi connectivity index (χ1n) is 7.82. The van der Waals surface area contributed by atoms with Gasteiger partial charge in [-0.25, -0.2) is 0 Å². The summed E-state index contributed by atoms with van der Waals surface area (Å²) < 4.78 is 0. The van der Waals surface area contributed by atoms with Crippen molar-refractivity contribution in [3.63, 3.8) is 0 Å². The average molecular weight is 309 g/mol. The molecule has 0 bridgehead atoms. The average Bonchev–Trinajstić information content (AvgIpc) is 2.88. The molecule has 0 radical (unpaired) electrons. The Morgan fingerprint density at radius 2 is 1.95 bits per heavy atom. The largest absolute Gasteiger partial charge is 0.481 e. The summed E-state index contributed by atoms with van der Waals surface area (Å²) >= 11 is 1.89. The van der Waals surface area contributed by atoms with E-state index in [1.165, 1.54) is 9.75 Å². The van der Waals surface area contributed by atoms with E-state index in [0.717, 1.165) is 38.9 Å². The first kappa shape index (κ1) is 16.5. The van der Waals surface area contributed by atoms with Crippen molar-refractivity contribution in [3.8, 4) is 0 Å². The monoisotopic (exact) mass is 309 g/mol. The van der Waals surface area contributed by atoms with Crippen LogP contribution in [-0.2, 0) is 16.8 Å². The number of hydrogen-bond donors (Lipinski definition) is 1. The topological polar surface area (TPSA) is 40.5 Å². The predicted molar refractivity (Wildman–Crippen MR) is 87.9 cm³/mol. The van der Waals surface area contributed by atoms with E-state index in [2.05, 4.69) is 37.8 Å². The van der Waals surface area contributed by atoms with Crippen molar-refractivity contribution in [2.45, 2.75) is 58.9 Å². The van der Waals surface area contributed by atoms with Crippen LogP contribution in [0.1, 0.15) is 56.7 Å². The van der Waals surface area contributed by atoms with E-state index in [1.54, 1.807) is 0 Å². The summed E-state index contributed by atoms with van der Waals surface area (Å²) in [5, 5.41) is 9.44. The molecule has 0 amide bonds. The maximum atomic E-state index is 11.5. The molecule has 1 aliphatic heterocycles. The quantitative estimate of drug-likeness (QED) is 0.909. The summed E-state index contributed by atoms with van der Waals surface area (Å²) in [6, 6.07) is 4.46. The van der Waals surface area contributed by atoms with Crippen molar-refractivity contribution in [2.75, 3.05) is 13.1 Å². The van der Waals surface area contributed by atoms with E-state index in [9.17, 15) is 9.90 Å². The van der Waals surface area contributed by atoms with Crippen LogP contribution in [0.3, 0.4) is 0 Å². The van der Waals surface area contributed by atoms with Gasteiger partial charge in [0.15, 0.2) is 0 Å². The van der Waals surface area contributed by atoms with Gasteiger partial charge in [0.1, 0.15) is 0 Å². The Kier molecular flexibility index (Phi) is 4.79. The number of rotatable bonds is 4. The molecule has 0 atom stereocenters. The highest BCUT2D eigenvalue weighted by atomic mass is 32.1. The molecular formula is C17H27NO2S. The molecule has 2 rings (SSSR count). The van der Waals surface area contributed by atoms with Crippen LogP contribution in [0, 0.1) is 5.41 Å². The Labute approximate surface area is 132 Å². The number of thiophene rings is 1. The van der Waals surface area contributed by atoms with E-state index in [-0.39, 0.29) is 5.41 Å². The maximum absolute atomic E-state index is 11.5. The molecular weight excluding hydrogens is 282 g/mol. The van der Waals surface area contributed by atoms with Crippen LogP contribution in [-0.4, -0.2) is 29.1 Å². The number of carboxylic acids is 1. The minimum atomic E-state index is -0.615. The lowest BCUT2D eigenvalue weighted by atomic mass is 9.76. The predicted octanol–water partition coefficient (Wildman–Crippen LogP) is 4.12. The maximum Gasteiger partial charge on any atom is 0.309 e. The van der Waals surface area contributed by atoms with E-state index >= 15 is 0 Å². The fourth-order valence-electron chi connectivity index (χ4n) is 2.94. The van der Waals surface area contributed by atoms with Gasteiger partial charge in [-0.15, -0.1) is 11.3 Å². The highest BCUT2D eigenvalue weighted by molar-refractivity contribution is 7.12. The van der Waals surface area contributed by atoms with E-state index in [1.807, 2.05) is 18.3 Å². The van der Waals surface area contributed by atoms with Crippen LogP contribution in [0.2, 0.25) is 0 Å². The van der Waals surface area contributed by atoms with Crippen molar-refractivity contribution in [3.05, 3.63) is 21.9 Å². The molecule has 1 N–H and O–H groups in total. The van der Waals surface area contributed by atoms with Gasteiger partial charge < -0.3 is 5.11 Å². The van der Waals surface area contributed by atoms with Crippen LogP contribution >= 0.6 is 11.3 Å². The van der Waals surface area contributed by atoms with Gasteiger partial charge in [0.05, 0.1) is 5.41 Å². The third-order valence-corrected chi connectivity index (χ3v) is 6.22. The summed E-state index contributed by atoms with van der Waals surface area (Å²) in [5.41, 5.74) is -0.270. The van der Waals surface area contributed by atoms with Crippen LogP contribution < -0.4 is 0 Å². The molecule has 4 heteroatoms. The second-order valence-electron chi connectivity index (χ2n) is 7.23. The standard InChI is InChI=1S/C17H27NO2S/c1-5-17(15(19)20)8-10-18(11-9-17)12-13-6-7-14(21-13)16(2,3)4/h6-7H,5,8-12H2,1-4H3,(H,19,20). The SMILES string of the molecule is CCC1(C(=O)O)CCN(Cc2ccc(C(C)(C)C)s2)CC1. The van der Waals surface area contributed by atoms with Gasteiger partial charge in [0.25, 0.3) is 0 Å². The van der Waals surface area contributed by atoms with Gasteiger partial charge in [-0.3, -0.25) is 9.69 Å². The zero-order valence-corrected chi connectivity index (χ0v) is 14.4. The molecule has 0 aromatic carbocycles. The van der Waals surface area contributed by atoms with Gasteiger partial charge in [-0.1, -0.05) is 27.7 Å². The van der Waals surface area contributed by atoms with Crippen LogP contribution in [0.25, 0.3) is 0 Å². The normalized spacial score (nSPS) is 19.6. The first-order valence-corrected chi connectivity index (χ1v) is 8.63. The van der Waals surface area contributed by atoms with Crippen LogP contribution in [0.5, 0.6) is 0 Å². The fraction of sp³-hybridized carbons (Fsp3) is 0.706. The molecule has 21 heavy (non-hydrogen) atoms. The minimum absolute atomic E-state index is 0.214. The molecule has 0 spiro atoms. The molecule has 118 valence electrons. The molecule has 0 aliphatic carbocycles. The fourth-order valence-corrected chi connectivity index (χ4v) is 4.05. The lowest BCUT2D eigenvalue weighted by Gasteiger charge is -2.38. The Morgan fingerprint density at radius 3 is 2.38 bits per heavy atom. The molecule has 2 heterocycles. The Morgan fingerprint density at radius 1 is 1.33 bits per heavy atom. The van der Waals surface area contributed by atoms with Crippen molar-refractivity contribution in [1.82, 2.24) is 4.90 Å². The minimum Gasteiger partial charge on any atom is -0.481 e. The number of hydrogen-bond acceptors (Lipinski definition) is 3. The molecule has 3 nitrogen and oxygen atoms in total. The van der Waals surface area contributed by atoms with Crippen molar-refractivity contribution >= 4 is 17.3 Å². The number of carbonyl (C=O) groups is 1. The smallest absolute Gasteiger partial charge is 0.309 e. The van der Waals surface area contributed by atoms with Gasteiger partial charge >= 0.3 is 5.97 Å². The number of nitrogens with zero attached hydrogens (tertiary/aromatic N) is 1. The van der Waals surface area contributed by atoms with Crippen molar-refractivity contribution in [2.24, 2.45) is 5.41 Å². The summed E-state index contributed by atoms with van der Waals surface area (Å²) in [4.78, 5) is 16.7. The Bertz CT molecular complexity index is 493. The van der Waals surface area contributed by atoms with Gasteiger partial charge in [-0.2, -0.15) is 0 Å². The number of likely N-dealkylation sites (tertiary alicyclic amines) is 1. The molecule has 1 saturated heterocycles. The van der Waals surface area contributed by atoms with Crippen LogP contribution in [0.4, 0.5) is 0 Å². The second kappa shape index (κ2) is 6.09. The van der Waals surface area contributed by atoms with E-state index < -0.39 is 11.4 Å². The lowest BCUT2D eigenvalue weighted by Crippen LogP contribution is -2.43.